The van der Waals surface area contributed by atoms with Crippen molar-refractivity contribution in [2.75, 3.05) is 13.6 Å². The number of rotatable bonds is 5. The maximum Gasteiger partial charge on any atom is 0.179 e. The van der Waals surface area contributed by atoms with Gasteiger partial charge in [-0.3, -0.25) is 9.69 Å². The summed E-state index contributed by atoms with van der Waals surface area (Å²) in [5, 5.41) is 9.12. The van der Waals surface area contributed by atoms with E-state index in [1.807, 2.05) is 18.9 Å². The van der Waals surface area contributed by atoms with Gasteiger partial charge in [-0.1, -0.05) is 11.6 Å². The normalized spacial score (nSPS) is 12.2. The molecule has 0 aromatic heterocycles. The average Bonchev–Trinajstić information content (AvgIpc) is 2.35. The Kier molecular flexibility index (Phi) is 5.14. The number of benzene rings is 1. The van der Waals surface area contributed by atoms with E-state index >= 15 is 0 Å². The summed E-state index contributed by atoms with van der Waals surface area (Å²) in [6, 6.07) is 8.69. The van der Waals surface area contributed by atoms with Crippen LogP contribution in [0.5, 0.6) is 0 Å². The SMILES string of the molecule is CC(C(=O)c1ccc(Cl)cc1)N(C)CCC#N. The quantitative estimate of drug-likeness (QED) is 0.755. The van der Waals surface area contributed by atoms with Crippen LogP contribution in [-0.2, 0) is 0 Å². The molecule has 0 aliphatic heterocycles. The van der Waals surface area contributed by atoms with E-state index in [1.165, 1.54) is 0 Å². The monoisotopic (exact) mass is 250 g/mol. The summed E-state index contributed by atoms with van der Waals surface area (Å²) in [4.78, 5) is 14.0. The molecule has 0 saturated carbocycles. The van der Waals surface area contributed by atoms with Gasteiger partial charge in [-0.15, -0.1) is 0 Å². The van der Waals surface area contributed by atoms with E-state index in [2.05, 4.69) is 6.07 Å². The second kappa shape index (κ2) is 6.39. The molecular weight excluding hydrogens is 236 g/mol. The first kappa shape index (κ1) is 13.7. The first-order valence-electron chi connectivity index (χ1n) is 5.43. The molecule has 0 heterocycles. The lowest BCUT2D eigenvalue weighted by molar-refractivity contribution is 0.0871. The van der Waals surface area contributed by atoms with Crippen LogP contribution in [-0.4, -0.2) is 30.3 Å². The van der Waals surface area contributed by atoms with Crippen molar-refractivity contribution in [3.8, 4) is 6.07 Å². The first-order chi connectivity index (χ1) is 8.06. The summed E-state index contributed by atoms with van der Waals surface area (Å²) in [6.45, 7) is 2.44. The number of nitriles is 1. The number of carbonyl (C=O) groups is 1. The Bertz CT molecular complexity index is 422. The molecule has 4 heteroatoms. The Morgan fingerprint density at radius 3 is 2.59 bits per heavy atom. The zero-order valence-corrected chi connectivity index (χ0v) is 10.7. The van der Waals surface area contributed by atoms with E-state index in [0.29, 0.717) is 23.6 Å². The predicted molar refractivity (Wildman–Crippen MR) is 68.1 cm³/mol. The number of nitrogens with zero attached hydrogens (tertiary/aromatic N) is 2. The van der Waals surface area contributed by atoms with E-state index in [9.17, 15) is 4.79 Å². The van der Waals surface area contributed by atoms with Gasteiger partial charge in [0.1, 0.15) is 0 Å². The van der Waals surface area contributed by atoms with Crippen LogP contribution in [0.1, 0.15) is 23.7 Å². The lowest BCUT2D eigenvalue weighted by Gasteiger charge is -2.22. The van der Waals surface area contributed by atoms with Gasteiger partial charge in [0.2, 0.25) is 0 Å². The molecule has 0 saturated heterocycles. The zero-order chi connectivity index (χ0) is 12.8. The first-order valence-corrected chi connectivity index (χ1v) is 5.81. The van der Waals surface area contributed by atoms with E-state index in [4.69, 9.17) is 16.9 Å². The van der Waals surface area contributed by atoms with E-state index < -0.39 is 0 Å². The van der Waals surface area contributed by atoms with Crippen LogP contribution in [0.3, 0.4) is 0 Å². The Hall–Kier alpha value is -1.37. The fourth-order valence-corrected chi connectivity index (χ4v) is 1.60. The van der Waals surface area contributed by atoms with Crippen LogP contribution in [0, 0.1) is 11.3 Å². The Morgan fingerprint density at radius 1 is 1.47 bits per heavy atom. The molecule has 0 fully saturated rings. The van der Waals surface area contributed by atoms with Gasteiger partial charge in [0.05, 0.1) is 12.1 Å². The standard InChI is InChI=1S/C13H15ClN2O/c1-10(16(2)9-3-8-15)13(17)11-4-6-12(14)7-5-11/h4-7,10H,3,9H2,1-2H3. The minimum atomic E-state index is -0.232. The summed E-state index contributed by atoms with van der Waals surface area (Å²) >= 11 is 5.77. The van der Waals surface area contributed by atoms with E-state index in [1.54, 1.807) is 24.3 Å². The third-order valence-corrected chi connectivity index (χ3v) is 3.00. The maximum atomic E-state index is 12.1. The predicted octanol–water partition coefficient (Wildman–Crippen LogP) is 2.76. The van der Waals surface area contributed by atoms with Gasteiger partial charge < -0.3 is 0 Å². The van der Waals surface area contributed by atoms with Crippen LogP contribution in [0.15, 0.2) is 24.3 Å². The number of hydrogen-bond acceptors (Lipinski definition) is 3. The minimum absolute atomic E-state index is 0.0436. The second-order valence-electron chi connectivity index (χ2n) is 3.94. The molecule has 0 radical (unpaired) electrons. The molecule has 0 bridgehead atoms. The van der Waals surface area contributed by atoms with Crippen LogP contribution < -0.4 is 0 Å². The minimum Gasteiger partial charge on any atom is -0.296 e. The third kappa shape index (κ3) is 3.85. The van der Waals surface area contributed by atoms with Crippen molar-refractivity contribution in [3.05, 3.63) is 34.9 Å². The van der Waals surface area contributed by atoms with Gasteiger partial charge in [0.15, 0.2) is 5.78 Å². The number of Topliss-reactive ketones (excluding diaryl/α,β-unsaturated/α-hetero) is 1. The number of halogens is 1. The van der Waals surface area contributed by atoms with E-state index in [0.717, 1.165) is 0 Å². The van der Waals surface area contributed by atoms with Crippen molar-refractivity contribution in [2.24, 2.45) is 0 Å². The molecule has 17 heavy (non-hydrogen) atoms. The van der Waals surface area contributed by atoms with Gasteiger partial charge in [-0.05, 0) is 38.2 Å². The molecule has 1 aromatic rings. The van der Waals surface area contributed by atoms with Crippen molar-refractivity contribution in [3.63, 3.8) is 0 Å². The van der Waals surface area contributed by atoms with Gasteiger partial charge in [0, 0.05) is 23.6 Å². The molecule has 0 N–H and O–H groups in total. The summed E-state index contributed by atoms with van der Waals surface area (Å²) in [5.74, 6) is 0.0436. The maximum absolute atomic E-state index is 12.1. The van der Waals surface area contributed by atoms with Crippen LogP contribution in [0.25, 0.3) is 0 Å². The van der Waals surface area contributed by atoms with E-state index in [-0.39, 0.29) is 11.8 Å². The van der Waals surface area contributed by atoms with Gasteiger partial charge in [-0.25, -0.2) is 0 Å². The topological polar surface area (TPSA) is 44.1 Å². The largest absolute Gasteiger partial charge is 0.296 e. The second-order valence-corrected chi connectivity index (χ2v) is 4.37. The highest BCUT2D eigenvalue weighted by molar-refractivity contribution is 6.30. The highest BCUT2D eigenvalue weighted by atomic mass is 35.5. The molecule has 3 nitrogen and oxygen atoms in total. The van der Waals surface area contributed by atoms with Crippen LogP contribution >= 0.6 is 11.6 Å². The van der Waals surface area contributed by atoms with Crippen molar-refractivity contribution >= 4 is 17.4 Å². The molecule has 1 aromatic carbocycles. The van der Waals surface area contributed by atoms with Crippen LogP contribution in [0.4, 0.5) is 0 Å². The van der Waals surface area contributed by atoms with Crippen molar-refractivity contribution in [2.45, 2.75) is 19.4 Å². The molecule has 90 valence electrons. The zero-order valence-electron chi connectivity index (χ0n) is 9.98. The van der Waals surface area contributed by atoms with Gasteiger partial charge in [-0.2, -0.15) is 5.26 Å². The van der Waals surface area contributed by atoms with Gasteiger partial charge in [0.25, 0.3) is 0 Å². The molecule has 0 spiro atoms. The summed E-state index contributed by atoms with van der Waals surface area (Å²) in [6.07, 6.45) is 0.425. The fourth-order valence-electron chi connectivity index (χ4n) is 1.48. The lowest BCUT2D eigenvalue weighted by atomic mass is 10.0. The van der Waals surface area contributed by atoms with Crippen molar-refractivity contribution < 1.29 is 4.79 Å². The van der Waals surface area contributed by atoms with Crippen LogP contribution in [0.2, 0.25) is 5.02 Å². The molecule has 0 aliphatic rings. The fraction of sp³-hybridized carbons (Fsp3) is 0.385. The highest BCUT2D eigenvalue weighted by Crippen LogP contribution is 2.13. The molecule has 0 amide bonds. The number of carbonyl (C=O) groups excluding carboxylic acids is 1. The molecule has 1 rings (SSSR count). The molecule has 1 unspecified atom stereocenters. The van der Waals surface area contributed by atoms with Crippen molar-refractivity contribution in [1.29, 1.82) is 5.26 Å². The number of ketones is 1. The molecule has 0 aliphatic carbocycles. The van der Waals surface area contributed by atoms with Crippen molar-refractivity contribution in [1.82, 2.24) is 4.90 Å². The molecule has 1 atom stereocenters. The smallest absolute Gasteiger partial charge is 0.179 e. The molecular formula is C13H15ClN2O. The summed E-state index contributed by atoms with van der Waals surface area (Å²) < 4.78 is 0. The number of hydrogen-bond donors (Lipinski definition) is 0. The van der Waals surface area contributed by atoms with Gasteiger partial charge >= 0.3 is 0 Å². The lowest BCUT2D eigenvalue weighted by Crippen LogP contribution is -2.36. The summed E-state index contributed by atoms with van der Waals surface area (Å²) in [7, 11) is 1.84. The Morgan fingerprint density at radius 2 is 2.06 bits per heavy atom. The Balaban J connectivity index is 2.69. The summed E-state index contributed by atoms with van der Waals surface area (Å²) in [5.41, 5.74) is 0.644. The number of likely N-dealkylation sites (N-methyl/N-ethyl adjacent to an activating group) is 1. The average molecular weight is 251 g/mol. The third-order valence-electron chi connectivity index (χ3n) is 2.75. The Labute approximate surface area is 107 Å². The highest BCUT2D eigenvalue weighted by Gasteiger charge is 2.18.